The smallest absolute Gasteiger partial charge is 0.324 e. The lowest BCUT2D eigenvalue weighted by molar-refractivity contribution is -0.137. The van der Waals surface area contributed by atoms with Crippen LogP contribution in [0.2, 0.25) is 0 Å². The summed E-state index contributed by atoms with van der Waals surface area (Å²) >= 11 is 0. The van der Waals surface area contributed by atoms with Crippen molar-refractivity contribution in [3.8, 4) is 0 Å². The Balaban J connectivity index is 2.25. The Bertz CT molecular complexity index is 479. The van der Waals surface area contributed by atoms with Gasteiger partial charge in [0.25, 0.3) is 0 Å². The Hall–Kier alpha value is -1.03. The lowest BCUT2D eigenvalue weighted by Crippen LogP contribution is -2.56. The van der Waals surface area contributed by atoms with E-state index in [9.17, 15) is 13.2 Å². The Morgan fingerprint density at radius 2 is 1.80 bits per heavy atom. The molecule has 1 saturated carbocycles. The third kappa shape index (κ3) is 3.00. The molecular weight excluding hydrogens is 263 g/mol. The van der Waals surface area contributed by atoms with Gasteiger partial charge in [0.1, 0.15) is 0 Å². The molecule has 4 heteroatoms. The minimum atomic E-state index is -4.29. The molecular formula is C16H22F3N. The second-order valence-electron chi connectivity index (χ2n) is 6.62. The zero-order chi connectivity index (χ0) is 15.0. The van der Waals surface area contributed by atoms with Crippen LogP contribution in [0.1, 0.15) is 50.7 Å². The highest BCUT2D eigenvalue weighted by molar-refractivity contribution is 5.28. The quantitative estimate of drug-likeness (QED) is 0.848. The van der Waals surface area contributed by atoms with E-state index in [1.54, 1.807) is 6.07 Å². The van der Waals surface area contributed by atoms with Crippen LogP contribution in [-0.2, 0) is 12.6 Å². The Kier molecular flexibility index (Phi) is 3.89. The Labute approximate surface area is 118 Å². The van der Waals surface area contributed by atoms with E-state index in [-0.39, 0.29) is 5.41 Å². The number of hydrogen-bond donors (Lipinski definition) is 1. The maximum Gasteiger partial charge on any atom is 0.416 e. The maximum atomic E-state index is 12.8. The first-order valence-corrected chi connectivity index (χ1v) is 7.09. The molecule has 0 heterocycles. The van der Waals surface area contributed by atoms with E-state index in [0.29, 0.717) is 12.0 Å². The van der Waals surface area contributed by atoms with E-state index < -0.39 is 17.3 Å². The number of rotatable bonds is 2. The number of hydrogen-bond acceptors (Lipinski definition) is 1. The molecule has 1 aliphatic carbocycles. The van der Waals surface area contributed by atoms with Gasteiger partial charge >= 0.3 is 6.18 Å². The minimum absolute atomic E-state index is 0.0422. The number of alkyl halides is 3. The molecule has 0 aromatic heterocycles. The van der Waals surface area contributed by atoms with Crippen molar-refractivity contribution in [2.45, 2.75) is 57.7 Å². The van der Waals surface area contributed by atoms with Crippen molar-refractivity contribution in [3.63, 3.8) is 0 Å². The standard InChI is InChI=1S/C16H22F3N/c1-14(2)8-3-4-9-15(14,20)11-12-6-5-7-13(10-12)16(17,18)19/h5-7,10H,3-4,8-9,11,20H2,1-2H3. The summed E-state index contributed by atoms with van der Waals surface area (Å²) in [7, 11) is 0. The largest absolute Gasteiger partial charge is 0.416 e. The second kappa shape index (κ2) is 5.06. The van der Waals surface area contributed by atoms with Crippen LogP contribution in [0, 0.1) is 5.41 Å². The van der Waals surface area contributed by atoms with E-state index in [0.717, 1.165) is 31.7 Å². The van der Waals surface area contributed by atoms with Gasteiger partial charge in [-0.1, -0.05) is 44.9 Å². The van der Waals surface area contributed by atoms with Crippen molar-refractivity contribution in [2.75, 3.05) is 0 Å². The molecule has 0 spiro atoms. The highest BCUT2D eigenvalue weighted by atomic mass is 19.4. The average Bonchev–Trinajstić information content (AvgIpc) is 2.32. The van der Waals surface area contributed by atoms with Gasteiger partial charge in [-0.05, 0) is 36.3 Å². The molecule has 1 atom stereocenters. The van der Waals surface area contributed by atoms with Crippen LogP contribution in [0.4, 0.5) is 13.2 Å². The summed E-state index contributed by atoms with van der Waals surface area (Å²) in [4.78, 5) is 0. The van der Waals surface area contributed by atoms with Crippen molar-refractivity contribution in [2.24, 2.45) is 11.1 Å². The predicted molar refractivity (Wildman–Crippen MR) is 74.3 cm³/mol. The number of benzene rings is 1. The molecule has 1 unspecified atom stereocenters. The van der Waals surface area contributed by atoms with Crippen LogP contribution in [0.25, 0.3) is 0 Å². The molecule has 0 amide bonds. The lowest BCUT2D eigenvalue weighted by atomic mass is 9.61. The highest BCUT2D eigenvalue weighted by Crippen LogP contribution is 2.44. The molecule has 2 rings (SSSR count). The minimum Gasteiger partial charge on any atom is -0.324 e. The molecule has 1 fully saturated rings. The van der Waals surface area contributed by atoms with Gasteiger partial charge in [-0.2, -0.15) is 13.2 Å². The lowest BCUT2D eigenvalue weighted by Gasteiger charge is -2.48. The van der Waals surface area contributed by atoms with Gasteiger partial charge in [-0.25, -0.2) is 0 Å². The predicted octanol–water partition coefficient (Wildman–Crippen LogP) is 4.55. The van der Waals surface area contributed by atoms with Gasteiger partial charge < -0.3 is 5.73 Å². The van der Waals surface area contributed by atoms with Gasteiger partial charge in [0.15, 0.2) is 0 Å². The van der Waals surface area contributed by atoms with Crippen LogP contribution < -0.4 is 5.73 Å². The topological polar surface area (TPSA) is 26.0 Å². The van der Waals surface area contributed by atoms with Crippen molar-refractivity contribution >= 4 is 0 Å². The summed E-state index contributed by atoms with van der Waals surface area (Å²) in [5.74, 6) is 0. The van der Waals surface area contributed by atoms with E-state index >= 15 is 0 Å². The van der Waals surface area contributed by atoms with Gasteiger partial charge in [-0.3, -0.25) is 0 Å². The Morgan fingerprint density at radius 3 is 2.40 bits per heavy atom. The summed E-state index contributed by atoms with van der Waals surface area (Å²) in [6, 6.07) is 5.56. The zero-order valence-electron chi connectivity index (χ0n) is 12.1. The highest BCUT2D eigenvalue weighted by Gasteiger charge is 2.43. The van der Waals surface area contributed by atoms with E-state index in [4.69, 9.17) is 5.73 Å². The third-order valence-electron chi connectivity index (χ3n) is 4.80. The first-order valence-electron chi connectivity index (χ1n) is 7.09. The van der Waals surface area contributed by atoms with Crippen LogP contribution in [0.15, 0.2) is 24.3 Å². The Morgan fingerprint density at radius 1 is 1.15 bits per heavy atom. The molecule has 0 radical (unpaired) electrons. The average molecular weight is 285 g/mol. The molecule has 1 aromatic rings. The summed E-state index contributed by atoms with van der Waals surface area (Å²) in [6.07, 6.45) is 0.315. The zero-order valence-corrected chi connectivity index (χ0v) is 12.1. The summed E-state index contributed by atoms with van der Waals surface area (Å²) in [5.41, 5.74) is 6.17. The molecule has 1 nitrogen and oxygen atoms in total. The van der Waals surface area contributed by atoms with Crippen molar-refractivity contribution in [1.82, 2.24) is 0 Å². The molecule has 0 aliphatic heterocycles. The molecule has 0 bridgehead atoms. The fourth-order valence-electron chi connectivity index (χ4n) is 3.14. The SMILES string of the molecule is CC1(C)CCCCC1(N)Cc1cccc(C(F)(F)F)c1. The van der Waals surface area contributed by atoms with Gasteiger partial charge in [0.2, 0.25) is 0 Å². The maximum absolute atomic E-state index is 12.8. The fraction of sp³-hybridized carbons (Fsp3) is 0.625. The number of halogens is 3. The van der Waals surface area contributed by atoms with Crippen molar-refractivity contribution < 1.29 is 13.2 Å². The van der Waals surface area contributed by atoms with Gasteiger partial charge in [0.05, 0.1) is 5.56 Å². The van der Waals surface area contributed by atoms with Crippen LogP contribution in [0.5, 0.6) is 0 Å². The first-order chi connectivity index (χ1) is 9.14. The van der Waals surface area contributed by atoms with Crippen LogP contribution >= 0.6 is 0 Å². The molecule has 2 N–H and O–H groups in total. The van der Waals surface area contributed by atoms with E-state index in [1.807, 2.05) is 0 Å². The summed E-state index contributed by atoms with van der Waals surface area (Å²) in [5, 5.41) is 0. The van der Waals surface area contributed by atoms with E-state index in [1.165, 1.54) is 12.1 Å². The molecule has 1 aromatic carbocycles. The number of nitrogens with two attached hydrogens (primary N) is 1. The molecule has 112 valence electrons. The molecule has 20 heavy (non-hydrogen) atoms. The van der Waals surface area contributed by atoms with Crippen molar-refractivity contribution in [3.05, 3.63) is 35.4 Å². The molecule has 0 saturated heterocycles. The third-order valence-corrected chi connectivity index (χ3v) is 4.80. The van der Waals surface area contributed by atoms with Crippen LogP contribution in [0.3, 0.4) is 0 Å². The second-order valence-corrected chi connectivity index (χ2v) is 6.62. The first kappa shape index (κ1) is 15.4. The molecule has 1 aliphatic rings. The monoisotopic (exact) mass is 285 g/mol. The van der Waals surface area contributed by atoms with Gasteiger partial charge in [-0.15, -0.1) is 0 Å². The fourth-order valence-corrected chi connectivity index (χ4v) is 3.14. The van der Waals surface area contributed by atoms with Gasteiger partial charge in [0, 0.05) is 5.54 Å². The van der Waals surface area contributed by atoms with Crippen molar-refractivity contribution in [1.29, 1.82) is 0 Å². The summed E-state index contributed by atoms with van der Waals surface area (Å²) < 4.78 is 38.3. The van der Waals surface area contributed by atoms with Crippen LogP contribution in [-0.4, -0.2) is 5.54 Å². The summed E-state index contributed by atoms with van der Waals surface area (Å²) in [6.45, 7) is 4.25. The van der Waals surface area contributed by atoms with E-state index in [2.05, 4.69) is 13.8 Å². The normalized spacial score (nSPS) is 26.5.